The maximum absolute atomic E-state index is 10.6. The molecule has 3 nitrogen and oxygen atoms in total. The van der Waals surface area contributed by atoms with Crippen LogP contribution < -0.4 is 4.74 Å². The van der Waals surface area contributed by atoms with Crippen molar-refractivity contribution in [3.8, 4) is 5.75 Å². The number of hydrogen-bond donors (Lipinski definition) is 1. The molecule has 0 heterocycles. The van der Waals surface area contributed by atoms with Gasteiger partial charge in [0, 0.05) is 12.8 Å². The van der Waals surface area contributed by atoms with Crippen LogP contribution >= 0.6 is 0 Å². The van der Waals surface area contributed by atoms with Crippen molar-refractivity contribution in [2.75, 3.05) is 6.61 Å². The van der Waals surface area contributed by atoms with Crippen molar-refractivity contribution in [1.29, 1.82) is 0 Å². The van der Waals surface area contributed by atoms with Gasteiger partial charge in [-0.3, -0.25) is 4.79 Å². The minimum Gasteiger partial charge on any atom is -0.493 e. The molecule has 0 bridgehead atoms. The molecule has 3 aromatic rings. The standard InChI is InChI=1S/C23H24O3/c24-23(25)11-4-1-6-18-7-5-10-22(17-18)26-15-14-19-12-13-20-8-2-3-9-21(20)16-19/h2-3,5,7-10,12-13,16-17H,1,4,6,11,14-15H2,(H,24,25). The first kappa shape index (κ1) is 18.0. The molecular formula is C23H24O3. The molecule has 3 rings (SSSR count). The van der Waals surface area contributed by atoms with E-state index in [0.717, 1.165) is 25.0 Å². The Kier molecular flexibility index (Phi) is 6.26. The molecule has 0 saturated heterocycles. The average molecular weight is 348 g/mol. The Morgan fingerprint density at radius 3 is 2.46 bits per heavy atom. The van der Waals surface area contributed by atoms with Crippen LogP contribution in [-0.2, 0) is 17.6 Å². The number of rotatable bonds is 9. The third-order valence-electron chi connectivity index (χ3n) is 4.48. The van der Waals surface area contributed by atoms with E-state index in [0.29, 0.717) is 13.0 Å². The molecule has 0 atom stereocenters. The van der Waals surface area contributed by atoms with Crippen LogP contribution in [0, 0.1) is 0 Å². The summed E-state index contributed by atoms with van der Waals surface area (Å²) in [4.78, 5) is 10.6. The molecule has 0 aliphatic heterocycles. The lowest BCUT2D eigenvalue weighted by Crippen LogP contribution is -2.02. The predicted octanol–water partition coefficient (Wildman–Crippen LogP) is 5.26. The summed E-state index contributed by atoms with van der Waals surface area (Å²) in [6, 6.07) is 23.0. The van der Waals surface area contributed by atoms with Gasteiger partial charge in [-0.25, -0.2) is 0 Å². The highest BCUT2D eigenvalue weighted by atomic mass is 16.5. The summed E-state index contributed by atoms with van der Waals surface area (Å²) in [6.45, 7) is 0.640. The summed E-state index contributed by atoms with van der Waals surface area (Å²) in [5, 5.41) is 11.2. The Morgan fingerprint density at radius 1 is 0.808 bits per heavy atom. The van der Waals surface area contributed by atoms with Crippen LogP contribution in [0.2, 0.25) is 0 Å². The number of unbranched alkanes of at least 4 members (excludes halogenated alkanes) is 1. The van der Waals surface area contributed by atoms with Crippen LogP contribution in [0.15, 0.2) is 66.7 Å². The van der Waals surface area contributed by atoms with E-state index in [1.165, 1.54) is 21.9 Å². The van der Waals surface area contributed by atoms with E-state index in [9.17, 15) is 4.79 Å². The van der Waals surface area contributed by atoms with Gasteiger partial charge in [0.1, 0.15) is 5.75 Å². The highest BCUT2D eigenvalue weighted by Gasteiger charge is 2.01. The number of carboxylic acid groups (broad SMARTS) is 1. The Bertz CT molecular complexity index is 870. The minimum absolute atomic E-state index is 0.238. The van der Waals surface area contributed by atoms with E-state index in [4.69, 9.17) is 9.84 Å². The van der Waals surface area contributed by atoms with Crippen LogP contribution in [0.3, 0.4) is 0 Å². The van der Waals surface area contributed by atoms with Crippen LogP contribution in [0.4, 0.5) is 0 Å². The van der Waals surface area contributed by atoms with E-state index in [2.05, 4.69) is 54.6 Å². The van der Waals surface area contributed by atoms with Gasteiger partial charge in [-0.2, -0.15) is 0 Å². The minimum atomic E-state index is -0.726. The number of carbonyl (C=O) groups is 1. The fourth-order valence-electron chi connectivity index (χ4n) is 3.08. The first-order chi connectivity index (χ1) is 12.7. The summed E-state index contributed by atoms with van der Waals surface area (Å²) < 4.78 is 5.91. The van der Waals surface area contributed by atoms with Crippen molar-refractivity contribution in [3.63, 3.8) is 0 Å². The maximum atomic E-state index is 10.6. The van der Waals surface area contributed by atoms with E-state index >= 15 is 0 Å². The van der Waals surface area contributed by atoms with Gasteiger partial charge in [-0.15, -0.1) is 0 Å². The van der Waals surface area contributed by atoms with Crippen molar-refractivity contribution in [3.05, 3.63) is 77.9 Å². The molecule has 0 saturated carbocycles. The zero-order chi connectivity index (χ0) is 18.2. The fraction of sp³-hybridized carbons (Fsp3) is 0.261. The lowest BCUT2D eigenvalue weighted by atomic mass is 10.1. The maximum Gasteiger partial charge on any atom is 0.303 e. The molecule has 3 aromatic carbocycles. The first-order valence-electron chi connectivity index (χ1n) is 9.12. The molecule has 0 radical (unpaired) electrons. The van der Waals surface area contributed by atoms with Crippen molar-refractivity contribution in [1.82, 2.24) is 0 Å². The lowest BCUT2D eigenvalue weighted by Gasteiger charge is -2.09. The van der Waals surface area contributed by atoms with Crippen LogP contribution in [0.5, 0.6) is 5.75 Å². The fourth-order valence-corrected chi connectivity index (χ4v) is 3.08. The summed E-state index contributed by atoms with van der Waals surface area (Å²) in [6.07, 6.45) is 3.58. The summed E-state index contributed by atoms with van der Waals surface area (Å²) in [7, 11) is 0. The average Bonchev–Trinajstić information content (AvgIpc) is 2.65. The molecule has 0 aromatic heterocycles. The van der Waals surface area contributed by atoms with Crippen molar-refractivity contribution < 1.29 is 14.6 Å². The number of aryl methyl sites for hydroxylation is 1. The first-order valence-corrected chi connectivity index (χ1v) is 9.12. The zero-order valence-electron chi connectivity index (χ0n) is 14.9. The number of benzene rings is 3. The van der Waals surface area contributed by atoms with Crippen molar-refractivity contribution in [2.45, 2.75) is 32.1 Å². The molecule has 1 N–H and O–H groups in total. The van der Waals surface area contributed by atoms with E-state index < -0.39 is 5.97 Å². The van der Waals surface area contributed by atoms with Gasteiger partial charge in [0.25, 0.3) is 0 Å². The van der Waals surface area contributed by atoms with Gasteiger partial charge in [-0.1, -0.05) is 54.6 Å². The van der Waals surface area contributed by atoms with E-state index in [1.807, 2.05) is 12.1 Å². The van der Waals surface area contributed by atoms with Gasteiger partial charge in [0.15, 0.2) is 0 Å². The third-order valence-corrected chi connectivity index (χ3v) is 4.48. The van der Waals surface area contributed by atoms with Gasteiger partial charge in [0.2, 0.25) is 0 Å². The molecule has 0 unspecified atom stereocenters. The SMILES string of the molecule is O=C(O)CCCCc1cccc(OCCc2ccc3ccccc3c2)c1. The zero-order valence-corrected chi connectivity index (χ0v) is 14.9. The molecule has 0 aliphatic carbocycles. The molecule has 134 valence electrons. The summed E-state index contributed by atoms with van der Waals surface area (Å²) in [5.74, 6) is 0.150. The highest BCUT2D eigenvalue weighted by Crippen LogP contribution is 2.18. The van der Waals surface area contributed by atoms with Gasteiger partial charge in [0.05, 0.1) is 6.61 Å². The van der Waals surface area contributed by atoms with Crippen molar-refractivity contribution >= 4 is 16.7 Å². The summed E-state index contributed by atoms with van der Waals surface area (Å²) in [5.41, 5.74) is 2.46. The highest BCUT2D eigenvalue weighted by molar-refractivity contribution is 5.82. The Labute approximate surface area is 154 Å². The molecular weight excluding hydrogens is 324 g/mol. The third kappa shape index (κ3) is 5.35. The normalized spacial score (nSPS) is 10.8. The smallest absolute Gasteiger partial charge is 0.303 e. The number of fused-ring (bicyclic) bond motifs is 1. The second-order valence-corrected chi connectivity index (χ2v) is 6.53. The molecule has 0 amide bonds. The molecule has 3 heteroatoms. The number of carboxylic acids is 1. The second kappa shape index (κ2) is 9.04. The van der Waals surface area contributed by atoms with E-state index in [-0.39, 0.29) is 6.42 Å². The van der Waals surface area contributed by atoms with Gasteiger partial charge >= 0.3 is 5.97 Å². The topological polar surface area (TPSA) is 46.5 Å². The van der Waals surface area contributed by atoms with Crippen molar-refractivity contribution in [2.24, 2.45) is 0 Å². The molecule has 0 spiro atoms. The van der Waals surface area contributed by atoms with Crippen LogP contribution in [0.1, 0.15) is 30.4 Å². The molecule has 0 fully saturated rings. The number of aliphatic carboxylic acids is 1. The predicted molar refractivity (Wildman–Crippen MR) is 105 cm³/mol. The lowest BCUT2D eigenvalue weighted by molar-refractivity contribution is -0.137. The number of ether oxygens (including phenoxy) is 1. The summed E-state index contributed by atoms with van der Waals surface area (Å²) >= 11 is 0. The number of hydrogen-bond acceptors (Lipinski definition) is 2. The van der Waals surface area contributed by atoms with Crippen LogP contribution in [-0.4, -0.2) is 17.7 Å². The Hall–Kier alpha value is -2.81. The monoisotopic (exact) mass is 348 g/mol. The van der Waals surface area contributed by atoms with E-state index in [1.54, 1.807) is 0 Å². The Balaban J connectivity index is 1.49. The molecule has 26 heavy (non-hydrogen) atoms. The van der Waals surface area contributed by atoms with Gasteiger partial charge in [-0.05, 0) is 53.3 Å². The largest absolute Gasteiger partial charge is 0.493 e. The second-order valence-electron chi connectivity index (χ2n) is 6.53. The van der Waals surface area contributed by atoms with Crippen LogP contribution in [0.25, 0.3) is 10.8 Å². The van der Waals surface area contributed by atoms with Gasteiger partial charge < -0.3 is 9.84 Å². The quantitative estimate of drug-likeness (QED) is 0.537. The Morgan fingerprint density at radius 2 is 1.62 bits per heavy atom. The molecule has 0 aliphatic rings.